The fraction of sp³-hybridized carbons (Fsp3) is 0.167. The quantitative estimate of drug-likeness (QED) is 0.689. The molecule has 7 heteroatoms. The molecule has 0 fully saturated rings. The maximum absolute atomic E-state index is 4.55. The summed E-state index contributed by atoms with van der Waals surface area (Å²) in [5, 5.41) is 4.98. The largest absolute Gasteiger partial charge is 0.237 e. The molecular formula is C12H10N4S3. The highest BCUT2D eigenvalue weighted by atomic mass is 32.2. The third-order valence-corrected chi connectivity index (χ3v) is 5.31. The SMILES string of the molecule is Cc1csc(SCc2csc(-c3ncccn3)n2)n1. The Hall–Kier alpha value is -1.31. The molecular weight excluding hydrogens is 296 g/mol. The average Bonchev–Trinajstić information content (AvgIpc) is 3.06. The van der Waals surface area contributed by atoms with Crippen LogP contribution >= 0.6 is 34.4 Å². The van der Waals surface area contributed by atoms with E-state index >= 15 is 0 Å². The summed E-state index contributed by atoms with van der Waals surface area (Å²) in [6.45, 7) is 2.01. The minimum Gasteiger partial charge on any atom is -0.237 e. The molecule has 0 spiro atoms. The minimum atomic E-state index is 0.689. The van der Waals surface area contributed by atoms with Crippen LogP contribution in [0.25, 0.3) is 10.8 Å². The van der Waals surface area contributed by atoms with Crippen molar-refractivity contribution in [3.8, 4) is 10.8 Å². The predicted octanol–water partition coefficient (Wildman–Crippen LogP) is 3.66. The van der Waals surface area contributed by atoms with Gasteiger partial charge in [-0.15, -0.1) is 22.7 Å². The second-order valence-corrected chi connectivity index (χ2v) is 6.70. The van der Waals surface area contributed by atoms with Crippen LogP contribution in [0.15, 0.2) is 33.6 Å². The fourth-order valence-corrected chi connectivity index (χ4v) is 4.03. The van der Waals surface area contributed by atoms with Gasteiger partial charge < -0.3 is 0 Å². The van der Waals surface area contributed by atoms with Crippen LogP contribution in [0.5, 0.6) is 0 Å². The Bertz CT molecular complexity index is 662. The van der Waals surface area contributed by atoms with Crippen molar-refractivity contribution < 1.29 is 0 Å². The van der Waals surface area contributed by atoms with E-state index in [0.29, 0.717) is 5.82 Å². The van der Waals surface area contributed by atoms with Crippen molar-refractivity contribution in [2.24, 2.45) is 0 Å². The van der Waals surface area contributed by atoms with Crippen LogP contribution in [0.1, 0.15) is 11.4 Å². The first-order valence-electron chi connectivity index (χ1n) is 5.58. The van der Waals surface area contributed by atoms with Gasteiger partial charge in [-0.25, -0.2) is 19.9 Å². The molecule has 3 heterocycles. The summed E-state index contributed by atoms with van der Waals surface area (Å²) in [5.41, 5.74) is 2.12. The molecule has 4 nitrogen and oxygen atoms in total. The second-order valence-electron chi connectivity index (χ2n) is 3.76. The fourth-order valence-electron chi connectivity index (χ4n) is 1.42. The zero-order chi connectivity index (χ0) is 13.1. The number of thioether (sulfide) groups is 1. The first-order valence-corrected chi connectivity index (χ1v) is 8.32. The molecule has 0 aromatic carbocycles. The smallest absolute Gasteiger partial charge is 0.188 e. The van der Waals surface area contributed by atoms with Crippen LogP contribution < -0.4 is 0 Å². The van der Waals surface area contributed by atoms with Crippen LogP contribution in [0.3, 0.4) is 0 Å². The average molecular weight is 306 g/mol. The summed E-state index contributed by atoms with van der Waals surface area (Å²) < 4.78 is 1.09. The minimum absolute atomic E-state index is 0.689. The lowest BCUT2D eigenvalue weighted by atomic mass is 10.5. The molecule has 0 saturated carbocycles. The zero-order valence-electron chi connectivity index (χ0n) is 10.1. The molecule has 3 aromatic rings. The molecule has 0 aliphatic rings. The lowest BCUT2D eigenvalue weighted by Gasteiger charge is -1.94. The molecule has 0 amide bonds. The van der Waals surface area contributed by atoms with E-state index in [1.165, 1.54) is 0 Å². The molecule has 0 radical (unpaired) electrons. The van der Waals surface area contributed by atoms with Gasteiger partial charge in [0.1, 0.15) is 4.34 Å². The standard InChI is InChI=1S/C12H10N4S3/c1-8-5-18-12(15-8)19-7-9-6-17-11(16-9)10-13-3-2-4-14-10/h2-6H,7H2,1H3. The highest BCUT2D eigenvalue weighted by molar-refractivity contribution is 8.00. The summed E-state index contributed by atoms with van der Waals surface area (Å²) >= 11 is 4.96. The highest BCUT2D eigenvalue weighted by Gasteiger charge is 2.08. The van der Waals surface area contributed by atoms with Crippen LogP contribution in [-0.2, 0) is 5.75 Å². The number of rotatable bonds is 4. The van der Waals surface area contributed by atoms with E-state index in [2.05, 4.69) is 30.7 Å². The van der Waals surface area contributed by atoms with Crippen LogP contribution in [-0.4, -0.2) is 19.9 Å². The molecule has 0 saturated heterocycles. The Kier molecular flexibility index (Phi) is 3.86. The summed E-state index contributed by atoms with van der Waals surface area (Å²) in [6, 6.07) is 1.80. The Labute approximate surface area is 123 Å². The Morgan fingerprint density at radius 2 is 1.95 bits per heavy atom. The molecule has 0 aliphatic heterocycles. The first kappa shape index (κ1) is 12.7. The topological polar surface area (TPSA) is 51.6 Å². The van der Waals surface area contributed by atoms with E-state index in [9.17, 15) is 0 Å². The molecule has 0 aliphatic carbocycles. The van der Waals surface area contributed by atoms with E-state index in [0.717, 1.165) is 26.5 Å². The zero-order valence-corrected chi connectivity index (χ0v) is 12.6. The van der Waals surface area contributed by atoms with Crippen molar-refractivity contribution in [3.63, 3.8) is 0 Å². The summed E-state index contributed by atoms with van der Waals surface area (Å²) in [4.78, 5) is 17.4. The number of aromatic nitrogens is 4. The number of hydrogen-bond acceptors (Lipinski definition) is 7. The lowest BCUT2D eigenvalue weighted by molar-refractivity contribution is 1.13. The Morgan fingerprint density at radius 1 is 1.11 bits per heavy atom. The maximum atomic E-state index is 4.55. The predicted molar refractivity (Wildman–Crippen MR) is 79.6 cm³/mol. The Balaban J connectivity index is 1.68. The van der Waals surface area contributed by atoms with E-state index in [-0.39, 0.29) is 0 Å². The number of nitrogens with zero attached hydrogens (tertiary/aromatic N) is 4. The van der Waals surface area contributed by atoms with Crippen molar-refractivity contribution in [1.82, 2.24) is 19.9 Å². The lowest BCUT2D eigenvalue weighted by Crippen LogP contribution is -1.87. The van der Waals surface area contributed by atoms with E-state index < -0.39 is 0 Å². The van der Waals surface area contributed by atoms with Crippen LogP contribution in [0.4, 0.5) is 0 Å². The molecule has 0 N–H and O–H groups in total. The van der Waals surface area contributed by atoms with Gasteiger partial charge in [-0.1, -0.05) is 11.8 Å². The van der Waals surface area contributed by atoms with Gasteiger partial charge in [0.05, 0.1) is 5.69 Å². The summed E-state index contributed by atoms with van der Waals surface area (Å²) in [7, 11) is 0. The van der Waals surface area contributed by atoms with Crippen molar-refractivity contribution in [3.05, 3.63) is 40.6 Å². The highest BCUT2D eigenvalue weighted by Crippen LogP contribution is 2.28. The van der Waals surface area contributed by atoms with Crippen molar-refractivity contribution >= 4 is 34.4 Å². The van der Waals surface area contributed by atoms with E-state index in [1.807, 2.05) is 6.92 Å². The molecule has 3 rings (SSSR count). The van der Waals surface area contributed by atoms with Gasteiger partial charge in [0.15, 0.2) is 10.8 Å². The van der Waals surface area contributed by atoms with Gasteiger partial charge in [-0.05, 0) is 13.0 Å². The number of hydrogen-bond donors (Lipinski definition) is 0. The first-order chi connectivity index (χ1) is 9.31. The maximum Gasteiger partial charge on any atom is 0.188 e. The number of thiazole rings is 2. The van der Waals surface area contributed by atoms with Crippen molar-refractivity contribution in [2.75, 3.05) is 0 Å². The van der Waals surface area contributed by atoms with Gasteiger partial charge in [0.25, 0.3) is 0 Å². The van der Waals surface area contributed by atoms with E-state index in [4.69, 9.17) is 0 Å². The van der Waals surface area contributed by atoms with Gasteiger partial charge in [0, 0.05) is 34.6 Å². The molecule has 19 heavy (non-hydrogen) atoms. The monoisotopic (exact) mass is 306 g/mol. The summed E-state index contributed by atoms with van der Waals surface area (Å²) in [6.07, 6.45) is 3.47. The van der Waals surface area contributed by atoms with Gasteiger partial charge in [0.2, 0.25) is 0 Å². The van der Waals surface area contributed by atoms with Crippen molar-refractivity contribution in [2.45, 2.75) is 17.0 Å². The molecule has 0 bridgehead atoms. The van der Waals surface area contributed by atoms with Gasteiger partial charge in [-0.2, -0.15) is 0 Å². The third-order valence-electron chi connectivity index (χ3n) is 2.25. The molecule has 0 atom stereocenters. The molecule has 96 valence electrons. The van der Waals surface area contributed by atoms with Crippen LogP contribution in [0.2, 0.25) is 0 Å². The van der Waals surface area contributed by atoms with Gasteiger partial charge in [-0.3, -0.25) is 0 Å². The second kappa shape index (κ2) is 5.77. The van der Waals surface area contributed by atoms with Crippen molar-refractivity contribution in [1.29, 1.82) is 0 Å². The van der Waals surface area contributed by atoms with Crippen LogP contribution in [0, 0.1) is 6.92 Å². The molecule has 0 unspecified atom stereocenters. The summed E-state index contributed by atoms with van der Waals surface area (Å²) in [5.74, 6) is 1.52. The number of aryl methyl sites for hydroxylation is 1. The van der Waals surface area contributed by atoms with E-state index in [1.54, 1.807) is 52.9 Å². The van der Waals surface area contributed by atoms with Gasteiger partial charge >= 0.3 is 0 Å². The third kappa shape index (κ3) is 3.17. The Morgan fingerprint density at radius 3 is 2.68 bits per heavy atom. The molecule has 3 aromatic heterocycles. The normalized spacial score (nSPS) is 10.8.